The van der Waals surface area contributed by atoms with Gasteiger partial charge in [-0.2, -0.15) is 28.1 Å². The van der Waals surface area contributed by atoms with Crippen LogP contribution in [0.1, 0.15) is 13.3 Å². The smallest absolute Gasteiger partial charge is 0.422 e. The van der Waals surface area contributed by atoms with Crippen molar-refractivity contribution in [2.75, 3.05) is 37.5 Å². The zero-order chi connectivity index (χ0) is 14.5. The average Bonchev–Trinajstić information content (AvgIpc) is 2.32. The standard InChI is InChI=1S/C10H16F3N5O/c1-4-5-14-7-15-8(18(2)3)17-9(16-7)19-6-10(11,12)13/h4-6H2,1-3H3,(H,14,15,16,17). The molecule has 0 amide bonds. The fourth-order valence-electron chi connectivity index (χ4n) is 1.07. The van der Waals surface area contributed by atoms with Crippen molar-refractivity contribution in [1.29, 1.82) is 0 Å². The van der Waals surface area contributed by atoms with Gasteiger partial charge in [-0.05, 0) is 6.42 Å². The highest BCUT2D eigenvalue weighted by molar-refractivity contribution is 5.36. The Hall–Kier alpha value is -1.80. The molecule has 9 heteroatoms. The minimum Gasteiger partial charge on any atom is -0.454 e. The van der Waals surface area contributed by atoms with E-state index >= 15 is 0 Å². The van der Waals surface area contributed by atoms with E-state index < -0.39 is 12.8 Å². The Labute approximate surface area is 109 Å². The summed E-state index contributed by atoms with van der Waals surface area (Å²) < 4.78 is 40.8. The van der Waals surface area contributed by atoms with Gasteiger partial charge >= 0.3 is 12.2 Å². The summed E-state index contributed by atoms with van der Waals surface area (Å²) in [6.07, 6.45) is -3.59. The molecule has 1 aromatic heterocycles. The maximum Gasteiger partial charge on any atom is 0.422 e. The highest BCUT2D eigenvalue weighted by Crippen LogP contribution is 2.18. The second kappa shape index (κ2) is 6.39. The van der Waals surface area contributed by atoms with E-state index in [1.165, 1.54) is 0 Å². The van der Waals surface area contributed by atoms with Crippen LogP contribution in [0.3, 0.4) is 0 Å². The summed E-state index contributed by atoms with van der Waals surface area (Å²) in [6, 6.07) is -0.352. The van der Waals surface area contributed by atoms with E-state index in [-0.39, 0.29) is 17.9 Å². The van der Waals surface area contributed by atoms with Crippen molar-refractivity contribution in [3.63, 3.8) is 0 Å². The van der Waals surface area contributed by atoms with Crippen LogP contribution in [-0.4, -0.2) is 48.4 Å². The summed E-state index contributed by atoms with van der Waals surface area (Å²) >= 11 is 0. The molecular weight excluding hydrogens is 263 g/mol. The van der Waals surface area contributed by atoms with Gasteiger partial charge in [0.1, 0.15) is 0 Å². The van der Waals surface area contributed by atoms with Gasteiger partial charge in [0.15, 0.2) is 6.61 Å². The molecule has 6 nitrogen and oxygen atoms in total. The second-order valence-corrected chi connectivity index (χ2v) is 3.97. The van der Waals surface area contributed by atoms with Gasteiger partial charge < -0.3 is 15.0 Å². The third kappa shape index (κ3) is 5.58. The van der Waals surface area contributed by atoms with E-state index in [9.17, 15) is 13.2 Å². The van der Waals surface area contributed by atoms with Gasteiger partial charge in [-0.1, -0.05) is 6.92 Å². The molecule has 0 fully saturated rings. The zero-order valence-electron chi connectivity index (χ0n) is 11.0. The lowest BCUT2D eigenvalue weighted by atomic mass is 10.5. The van der Waals surface area contributed by atoms with Gasteiger partial charge in [0.25, 0.3) is 0 Å². The minimum atomic E-state index is -4.43. The van der Waals surface area contributed by atoms with Crippen molar-refractivity contribution in [2.45, 2.75) is 19.5 Å². The van der Waals surface area contributed by atoms with Crippen LogP contribution in [0, 0.1) is 0 Å². The fourth-order valence-corrected chi connectivity index (χ4v) is 1.07. The summed E-state index contributed by atoms with van der Waals surface area (Å²) in [5, 5.41) is 2.88. The number of aromatic nitrogens is 3. The molecule has 0 radical (unpaired) electrons. The molecule has 0 atom stereocenters. The third-order valence-corrected chi connectivity index (χ3v) is 1.90. The number of alkyl halides is 3. The first-order valence-corrected chi connectivity index (χ1v) is 5.68. The van der Waals surface area contributed by atoms with Crippen LogP contribution in [0.5, 0.6) is 6.01 Å². The molecule has 0 saturated heterocycles. The highest BCUT2D eigenvalue weighted by atomic mass is 19.4. The van der Waals surface area contributed by atoms with Gasteiger partial charge in [0.05, 0.1) is 0 Å². The molecular formula is C10H16F3N5O. The monoisotopic (exact) mass is 279 g/mol. The largest absolute Gasteiger partial charge is 0.454 e. The number of hydrogen-bond donors (Lipinski definition) is 1. The van der Waals surface area contributed by atoms with E-state index in [1.54, 1.807) is 19.0 Å². The normalized spacial score (nSPS) is 11.3. The van der Waals surface area contributed by atoms with Gasteiger partial charge in [0, 0.05) is 20.6 Å². The number of hydrogen-bond acceptors (Lipinski definition) is 6. The van der Waals surface area contributed by atoms with E-state index in [1.807, 2.05) is 6.92 Å². The molecule has 1 N–H and O–H groups in total. The number of nitrogens with one attached hydrogen (secondary N) is 1. The Kier molecular flexibility index (Phi) is 5.13. The molecule has 19 heavy (non-hydrogen) atoms. The van der Waals surface area contributed by atoms with Crippen molar-refractivity contribution < 1.29 is 17.9 Å². The van der Waals surface area contributed by atoms with Crippen molar-refractivity contribution >= 4 is 11.9 Å². The van der Waals surface area contributed by atoms with Gasteiger partial charge in [0.2, 0.25) is 11.9 Å². The molecule has 0 aliphatic rings. The number of anilines is 2. The van der Waals surface area contributed by atoms with Gasteiger partial charge in [-0.3, -0.25) is 0 Å². The summed E-state index contributed by atoms with van der Waals surface area (Å²) in [5.41, 5.74) is 0. The molecule has 1 heterocycles. The number of ether oxygens (including phenoxy) is 1. The van der Waals surface area contributed by atoms with Crippen LogP contribution in [0.2, 0.25) is 0 Å². The Balaban J connectivity index is 2.86. The molecule has 1 rings (SSSR count). The zero-order valence-corrected chi connectivity index (χ0v) is 11.0. The van der Waals surface area contributed by atoms with Crippen molar-refractivity contribution in [2.24, 2.45) is 0 Å². The molecule has 0 saturated carbocycles. The first-order valence-electron chi connectivity index (χ1n) is 5.68. The van der Waals surface area contributed by atoms with Crippen LogP contribution >= 0.6 is 0 Å². The summed E-state index contributed by atoms with van der Waals surface area (Å²) in [6.45, 7) is 1.12. The van der Waals surface area contributed by atoms with Crippen molar-refractivity contribution in [3.05, 3.63) is 0 Å². The van der Waals surface area contributed by atoms with Crippen LogP contribution in [0.15, 0.2) is 0 Å². The number of rotatable bonds is 6. The van der Waals surface area contributed by atoms with Gasteiger partial charge in [-0.15, -0.1) is 0 Å². The number of halogens is 3. The van der Waals surface area contributed by atoms with Crippen molar-refractivity contribution in [3.8, 4) is 6.01 Å². The predicted octanol–water partition coefficient (Wildman–Crippen LogP) is 1.70. The Morgan fingerprint density at radius 3 is 2.42 bits per heavy atom. The second-order valence-electron chi connectivity index (χ2n) is 3.97. The van der Waals surface area contributed by atoms with Gasteiger partial charge in [-0.25, -0.2) is 0 Å². The van der Waals surface area contributed by atoms with Crippen LogP contribution in [-0.2, 0) is 0 Å². The predicted molar refractivity (Wildman–Crippen MR) is 64.5 cm³/mol. The number of nitrogens with zero attached hydrogens (tertiary/aromatic N) is 4. The maximum atomic E-state index is 12.1. The van der Waals surface area contributed by atoms with E-state index in [4.69, 9.17) is 0 Å². The first kappa shape index (κ1) is 15.3. The molecule has 0 aromatic carbocycles. The SMILES string of the molecule is CCCNc1nc(OCC(F)(F)F)nc(N(C)C)n1. The third-order valence-electron chi connectivity index (χ3n) is 1.90. The highest BCUT2D eigenvalue weighted by Gasteiger charge is 2.29. The quantitative estimate of drug-likeness (QED) is 0.855. The Bertz CT molecular complexity index is 411. The van der Waals surface area contributed by atoms with Crippen molar-refractivity contribution in [1.82, 2.24) is 15.0 Å². The fraction of sp³-hybridized carbons (Fsp3) is 0.700. The molecule has 0 spiro atoms. The lowest BCUT2D eigenvalue weighted by molar-refractivity contribution is -0.154. The molecule has 1 aromatic rings. The molecule has 0 unspecified atom stereocenters. The topological polar surface area (TPSA) is 63.2 Å². The summed E-state index contributed by atoms with van der Waals surface area (Å²) in [4.78, 5) is 13.2. The van der Waals surface area contributed by atoms with E-state index in [0.717, 1.165) is 6.42 Å². The summed E-state index contributed by atoms with van der Waals surface area (Å²) in [5.74, 6) is 0.420. The van der Waals surface area contributed by atoms with Crippen LogP contribution < -0.4 is 15.0 Å². The van der Waals surface area contributed by atoms with E-state index in [2.05, 4.69) is 25.0 Å². The maximum absolute atomic E-state index is 12.1. The molecule has 108 valence electrons. The molecule has 0 aliphatic carbocycles. The molecule has 0 aliphatic heterocycles. The summed E-state index contributed by atoms with van der Waals surface area (Å²) in [7, 11) is 3.35. The average molecular weight is 279 g/mol. The lowest BCUT2D eigenvalue weighted by Crippen LogP contribution is -2.22. The minimum absolute atomic E-state index is 0.192. The lowest BCUT2D eigenvalue weighted by Gasteiger charge is -2.14. The van der Waals surface area contributed by atoms with Crippen LogP contribution in [0.25, 0.3) is 0 Å². The first-order chi connectivity index (χ1) is 8.81. The van der Waals surface area contributed by atoms with Crippen LogP contribution in [0.4, 0.5) is 25.1 Å². The Morgan fingerprint density at radius 2 is 1.89 bits per heavy atom. The molecule has 0 bridgehead atoms. The van der Waals surface area contributed by atoms with E-state index in [0.29, 0.717) is 6.54 Å². The Morgan fingerprint density at radius 1 is 1.21 bits per heavy atom.